The van der Waals surface area contributed by atoms with E-state index in [1.165, 1.54) is 5.56 Å². The van der Waals surface area contributed by atoms with E-state index in [0.717, 1.165) is 23.6 Å². The molecular formula is C12H17N5. The summed E-state index contributed by atoms with van der Waals surface area (Å²) < 4.78 is 1.81. The van der Waals surface area contributed by atoms with Crippen LogP contribution in [0.3, 0.4) is 0 Å². The molecule has 90 valence electrons. The third-order valence-electron chi connectivity index (χ3n) is 2.73. The normalized spacial score (nSPS) is 10.5. The van der Waals surface area contributed by atoms with E-state index in [1.54, 1.807) is 6.20 Å². The van der Waals surface area contributed by atoms with Crippen LogP contribution in [0.5, 0.6) is 0 Å². The molecule has 5 nitrogen and oxygen atoms in total. The summed E-state index contributed by atoms with van der Waals surface area (Å²) in [5.41, 5.74) is 9.67. The number of nitrogens with zero attached hydrogens (tertiary/aromatic N) is 3. The number of nitrogen functional groups attached to an aromatic ring is 1. The van der Waals surface area contributed by atoms with Gasteiger partial charge in [-0.2, -0.15) is 5.10 Å². The molecule has 0 bridgehead atoms. The third kappa shape index (κ3) is 2.55. The molecule has 5 heteroatoms. The predicted molar refractivity (Wildman–Crippen MR) is 68.7 cm³/mol. The van der Waals surface area contributed by atoms with Gasteiger partial charge in [0.25, 0.3) is 0 Å². The van der Waals surface area contributed by atoms with Crippen molar-refractivity contribution < 1.29 is 0 Å². The van der Waals surface area contributed by atoms with Gasteiger partial charge in [0.15, 0.2) is 0 Å². The number of pyridine rings is 1. The summed E-state index contributed by atoms with van der Waals surface area (Å²) >= 11 is 0. The Hall–Kier alpha value is -2.04. The molecule has 0 amide bonds. The molecule has 0 aliphatic rings. The van der Waals surface area contributed by atoms with Gasteiger partial charge in [-0.05, 0) is 25.5 Å². The smallest absolute Gasteiger partial charge is 0.126 e. The molecule has 2 heterocycles. The summed E-state index contributed by atoms with van der Waals surface area (Å²) in [6, 6.07) is 1.95. The molecule has 0 saturated carbocycles. The van der Waals surface area contributed by atoms with Crippen LogP contribution < -0.4 is 11.1 Å². The second-order valence-corrected chi connectivity index (χ2v) is 4.19. The zero-order valence-corrected chi connectivity index (χ0v) is 10.4. The van der Waals surface area contributed by atoms with Gasteiger partial charge in [0, 0.05) is 25.4 Å². The van der Waals surface area contributed by atoms with Crippen molar-refractivity contribution in [2.45, 2.75) is 20.4 Å². The Bertz CT molecular complexity index is 530. The topological polar surface area (TPSA) is 68.8 Å². The van der Waals surface area contributed by atoms with Gasteiger partial charge in [-0.3, -0.25) is 4.68 Å². The van der Waals surface area contributed by atoms with Crippen molar-refractivity contribution in [1.82, 2.24) is 14.8 Å². The second-order valence-electron chi connectivity index (χ2n) is 4.19. The highest BCUT2D eigenvalue weighted by Gasteiger charge is 2.03. The van der Waals surface area contributed by atoms with E-state index >= 15 is 0 Å². The molecule has 0 aliphatic carbocycles. The maximum atomic E-state index is 5.72. The van der Waals surface area contributed by atoms with E-state index in [-0.39, 0.29) is 0 Å². The van der Waals surface area contributed by atoms with Gasteiger partial charge in [0.05, 0.1) is 17.6 Å². The van der Waals surface area contributed by atoms with Gasteiger partial charge in [-0.1, -0.05) is 0 Å². The number of aromatic nitrogens is 3. The first-order chi connectivity index (χ1) is 8.06. The van der Waals surface area contributed by atoms with Gasteiger partial charge < -0.3 is 11.1 Å². The van der Waals surface area contributed by atoms with Gasteiger partial charge >= 0.3 is 0 Å². The van der Waals surface area contributed by atoms with Crippen molar-refractivity contribution in [3.63, 3.8) is 0 Å². The Balaban J connectivity index is 2.07. The fourth-order valence-electron chi connectivity index (χ4n) is 1.67. The van der Waals surface area contributed by atoms with Crippen LogP contribution in [0, 0.1) is 13.8 Å². The highest BCUT2D eigenvalue weighted by molar-refractivity contribution is 5.51. The molecule has 0 aliphatic heterocycles. The largest absolute Gasteiger partial charge is 0.397 e. The Morgan fingerprint density at radius 2 is 2.18 bits per heavy atom. The number of hydrogen-bond acceptors (Lipinski definition) is 4. The first-order valence-corrected chi connectivity index (χ1v) is 5.51. The highest BCUT2D eigenvalue weighted by atomic mass is 15.3. The zero-order chi connectivity index (χ0) is 12.4. The molecule has 0 saturated heterocycles. The molecule has 0 spiro atoms. The SMILES string of the molecule is Cc1cc(NCc2cn(C)nc2C)ncc1N. The Morgan fingerprint density at radius 1 is 1.41 bits per heavy atom. The lowest BCUT2D eigenvalue weighted by Gasteiger charge is -2.06. The summed E-state index contributed by atoms with van der Waals surface area (Å²) in [6.07, 6.45) is 3.68. The lowest BCUT2D eigenvalue weighted by atomic mass is 10.2. The molecule has 2 aromatic rings. The molecular weight excluding hydrogens is 214 g/mol. The van der Waals surface area contributed by atoms with Crippen LogP contribution in [0.15, 0.2) is 18.5 Å². The molecule has 2 rings (SSSR count). The summed E-state index contributed by atoms with van der Waals surface area (Å²) in [7, 11) is 1.92. The number of rotatable bonds is 3. The zero-order valence-electron chi connectivity index (χ0n) is 10.4. The van der Waals surface area contributed by atoms with Crippen LogP contribution in [0.25, 0.3) is 0 Å². The van der Waals surface area contributed by atoms with Gasteiger partial charge in [-0.15, -0.1) is 0 Å². The minimum atomic E-state index is 0.716. The summed E-state index contributed by atoms with van der Waals surface area (Å²) in [6.45, 7) is 4.69. The number of hydrogen-bond donors (Lipinski definition) is 2. The lowest BCUT2D eigenvalue weighted by molar-refractivity contribution is 0.756. The molecule has 3 N–H and O–H groups in total. The number of nitrogens with one attached hydrogen (secondary N) is 1. The molecule has 0 fully saturated rings. The Kier molecular flexibility index (Phi) is 2.99. The quantitative estimate of drug-likeness (QED) is 0.842. The van der Waals surface area contributed by atoms with Crippen LogP contribution >= 0.6 is 0 Å². The molecule has 0 atom stereocenters. The fraction of sp³-hybridized carbons (Fsp3) is 0.333. The number of aryl methyl sites for hydroxylation is 3. The van der Waals surface area contributed by atoms with Gasteiger partial charge in [0.2, 0.25) is 0 Å². The van der Waals surface area contributed by atoms with E-state index in [2.05, 4.69) is 15.4 Å². The molecule has 2 aromatic heterocycles. The third-order valence-corrected chi connectivity index (χ3v) is 2.73. The molecule has 0 radical (unpaired) electrons. The van der Waals surface area contributed by atoms with Crippen molar-refractivity contribution in [3.8, 4) is 0 Å². The average molecular weight is 231 g/mol. The number of anilines is 2. The average Bonchev–Trinajstić information content (AvgIpc) is 2.59. The van der Waals surface area contributed by atoms with Crippen LogP contribution in [0.2, 0.25) is 0 Å². The van der Waals surface area contributed by atoms with Crippen LogP contribution in [-0.2, 0) is 13.6 Å². The first-order valence-electron chi connectivity index (χ1n) is 5.51. The van der Waals surface area contributed by atoms with E-state index in [9.17, 15) is 0 Å². The van der Waals surface area contributed by atoms with Crippen molar-refractivity contribution in [3.05, 3.63) is 35.3 Å². The minimum Gasteiger partial charge on any atom is -0.397 e. The van der Waals surface area contributed by atoms with E-state index < -0.39 is 0 Å². The lowest BCUT2D eigenvalue weighted by Crippen LogP contribution is -2.03. The molecule has 0 aromatic carbocycles. The minimum absolute atomic E-state index is 0.716. The Morgan fingerprint density at radius 3 is 2.76 bits per heavy atom. The molecule has 17 heavy (non-hydrogen) atoms. The van der Waals surface area contributed by atoms with Crippen LogP contribution in [-0.4, -0.2) is 14.8 Å². The maximum Gasteiger partial charge on any atom is 0.126 e. The van der Waals surface area contributed by atoms with Crippen LogP contribution in [0.1, 0.15) is 16.8 Å². The van der Waals surface area contributed by atoms with E-state index in [4.69, 9.17) is 5.73 Å². The molecule has 0 unspecified atom stereocenters. The van der Waals surface area contributed by atoms with Gasteiger partial charge in [0.1, 0.15) is 5.82 Å². The van der Waals surface area contributed by atoms with Crippen LogP contribution in [0.4, 0.5) is 11.5 Å². The van der Waals surface area contributed by atoms with E-state index in [0.29, 0.717) is 5.69 Å². The summed E-state index contributed by atoms with van der Waals surface area (Å²) in [4.78, 5) is 4.23. The summed E-state index contributed by atoms with van der Waals surface area (Å²) in [5, 5.41) is 7.55. The van der Waals surface area contributed by atoms with Crippen molar-refractivity contribution in [1.29, 1.82) is 0 Å². The van der Waals surface area contributed by atoms with E-state index in [1.807, 2.05) is 37.8 Å². The standard InChI is InChI=1S/C12H17N5/c1-8-4-12(15-6-11(8)13)14-5-10-7-17(3)16-9(10)2/h4,6-7H,5,13H2,1-3H3,(H,14,15). The highest BCUT2D eigenvalue weighted by Crippen LogP contribution is 2.14. The number of nitrogens with two attached hydrogens (primary N) is 1. The van der Waals surface area contributed by atoms with Crippen molar-refractivity contribution in [2.75, 3.05) is 11.1 Å². The Labute approximate surface area is 101 Å². The van der Waals surface area contributed by atoms with Gasteiger partial charge in [-0.25, -0.2) is 4.98 Å². The fourth-order valence-corrected chi connectivity index (χ4v) is 1.67. The monoisotopic (exact) mass is 231 g/mol. The van der Waals surface area contributed by atoms with Crippen molar-refractivity contribution in [2.24, 2.45) is 7.05 Å². The van der Waals surface area contributed by atoms with Crippen molar-refractivity contribution >= 4 is 11.5 Å². The predicted octanol–water partition coefficient (Wildman–Crippen LogP) is 1.63. The summed E-state index contributed by atoms with van der Waals surface area (Å²) in [5.74, 6) is 0.833. The first kappa shape index (κ1) is 11.4. The maximum absolute atomic E-state index is 5.72. The second kappa shape index (κ2) is 4.45.